The van der Waals surface area contributed by atoms with Crippen LogP contribution in [0.4, 0.5) is 11.6 Å². The smallest absolute Gasteiger partial charge is 0.271 e. The second-order valence-electron chi connectivity index (χ2n) is 5.21. The molecule has 2 aromatic rings. The highest BCUT2D eigenvalue weighted by atomic mass is 16.6. The molecule has 3 rings (SSSR count). The van der Waals surface area contributed by atoms with Crippen molar-refractivity contribution >= 4 is 22.7 Å². The van der Waals surface area contributed by atoms with E-state index in [2.05, 4.69) is 14.9 Å². The van der Waals surface area contributed by atoms with E-state index in [0.717, 1.165) is 37.4 Å². The summed E-state index contributed by atoms with van der Waals surface area (Å²) in [4.78, 5) is 20.2. The normalized spacial score (nSPS) is 19.4. The van der Waals surface area contributed by atoms with Crippen LogP contribution in [0, 0.1) is 16.0 Å². The van der Waals surface area contributed by atoms with Crippen molar-refractivity contribution in [2.24, 2.45) is 11.7 Å². The van der Waals surface area contributed by atoms with Gasteiger partial charge in [0, 0.05) is 25.2 Å². The number of piperidine rings is 1. The number of nitro benzene ring substituents is 1. The molecule has 1 aliphatic rings. The molecule has 0 saturated carbocycles. The Balaban J connectivity index is 1.90. The van der Waals surface area contributed by atoms with E-state index in [9.17, 15) is 10.1 Å². The summed E-state index contributed by atoms with van der Waals surface area (Å²) in [6.07, 6.45) is 2.25. The highest BCUT2D eigenvalue weighted by Crippen LogP contribution is 2.25. The zero-order valence-corrected chi connectivity index (χ0v) is 11.1. The molecule has 106 valence electrons. The Morgan fingerprint density at radius 1 is 1.55 bits per heavy atom. The number of nitrogens with zero attached hydrogens (tertiary/aromatic N) is 3. The molecule has 1 saturated heterocycles. The molecule has 7 heteroatoms. The zero-order valence-electron chi connectivity index (χ0n) is 11.1. The molecule has 0 spiro atoms. The fraction of sp³-hybridized carbons (Fsp3) is 0.462. The van der Waals surface area contributed by atoms with Crippen LogP contribution in [0.1, 0.15) is 12.8 Å². The molecule has 1 aromatic heterocycles. The van der Waals surface area contributed by atoms with E-state index in [4.69, 9.17) is 5.73 Å². The third-order valence-corrected chi connectivity index (χ3v) is 3.82. The monoisotopic (exact) mass is 275 g/mol. The van der Waals surface area contributed by atoms with Gasteiger partial charge in [-0.25, -0.2) is 4.98 Å². The maximum atomic E-state index is 10.8. The summed E-state index contributed by atoms with van der Waals surface area (Å²) in [5, 5.41) is 10.8. The molecule has 0 radical (unpaired) electrons. The number of rotatable bonds is 3. The Bertz CT molecular complexity index is 639. The predicted octanol–water partition coefficient (Wildman–Crippen LogP) is 1.65. The predicted molar refractivity (Wildman–Crippen MR) is 76.7 cm³/mol. The Kier molecular flexibility index (Phi) is 3.27. The Morgan fingerprint density at radius 3 is 3.15 bits per heavy atom. The first-order chi connectivity index (χ1) is 9.67. The molecule has 3 N–H and O–H groups in total. The summed E-state index contributed by atoms with van der Waals surface area (Å²) >= 11 is 0. The van der Waals surface area contributed by atoms with Crippen LogP contribution in [0.25, 0.3) is 11.0 Å². The molecule has 0 amide bonds. The number of hydrogen-bond acceptors (Lipinski definition) is 5. The lowest BCUT2D eigenvalue weighted by atomic mass is 9.99. The third kappa shape index (κ3) is 2.32. The van der Waals surface area contributed by atoms with Crippen LogP contribution < -0.4 is 10.6 Å². The fourth-order valence-corrected chi connectivity index (χ4v) is 2.70. The standard InChI is InChI=1S/C13H17N5O2/c14-7-9-2-1-5-17(8-9)13-15-11-4-3-10(18(19)20)6-12(11)16-13/h3-4,6,9H,1-2,5,7-8,14H2,(H,15,16). The van der Waals surface area contributed by atoms with Crippen LogP contribution in [-0.4, -0.2) is 34.5 Å². The molecule has 2 heterocycles. The van der Waals surface area contributed by atoms with E-state index in [1.54, 1.807) is 6.07 Å². The van der Waals surface area contributed by atoms with Gasteiger partial charge in [0.25, 0.3) is 5.69 Å². The summed E-state index contributed by atoms with van der Waals surface area (Å²) in [5.41, 5.74) is 7.26. The number of hydrogen-bond donors (Lipinski definition) is 2. The Hall–Kier alpha value is -2.15. The minimum atomic E-state index is -0.398. The highest BCUT2D eigenvalue weighted by Gasteiger charge is 2.21. The second-order valence-corrected chi connectivity index (χ2v) is 5.21. The zero-order chi connectivity index (χ0) is 14.1. The molecule has 7 nitrogen and oxygen atoms in total. The van der Waals surface area contributed by atoms with Crippen molar-refractivity contribution in [3.05, 3.63) is 28.3 Å². The highest BCUT2D eigenvalue weighted by molar-refractivity contribution is 5.80. The van der Waals surface area contributed by atoms with Crippen molar-refractivity contribution in [1.82, 2.24) is 9.97 Å². The lowest BCUT2D eigenvalue weighted by Crippen LogP contribution is -2.38. The number of imidazole rings is 1. The minimum absolute atomic E-state index is 0.0752. The van der Waals surface area contributed by atoms with Crippen LogP contribution in [0.5, 0.6) is 0 Å². The number of aromatic amines is 1. The summed E-state index contributed by atoms with van der Waals surface area (Å²) in [5.74, 6) is 1.27. The molecule has 1 aliphatic heterocycles. The van der Waals surface area contributed by atoms with Gasteiger partial charge in [0.15, 0.2) is 0 Å². The van der Waals surface area contributed by atoms with Crippen LogP contribution in [0.3, 0.4) is 0 Å². The first kappa shape index (κ1) is 12.9. The third-order valence-electron chi connectivity index (χ3n) is 3.82. The molecule has 1 aromatic carbocycles. The number of nitrogens with two attached hydrogens (primary N) is 1. The molecular formula is C13H17N5O2. The van der Waals surface area contributed by atoms with Gasteiger partial charge in [-0.1, -0.05) is 0 Å². The van der Waals surface area contributed by atoms with Gasteiger partial charge in [-0.15, -0.1) is 0 Å². The van der Waals surface area contributed by atoms with Gasteiger partial charge in [0.1, 0.15) is 0 Å². The van der Waals surface area contributed by atoms with Gasteiger partial charge in [-0.05, 0) is 31.4 Å². The van der Waals surface area contributed by atoms with Crippen molar-refractivity contribution < 1.29 is 4.92 Å². The topological polar surface area (TPSA) is 101 Å². The molecule has 0 bridgehead atoms. The van der Waals surface area contributed by atoms with Crippen LogP contribution in [0.2, 0.25) is 0 Å². The van der Waals surface area contributed by atoms with Gasteiger partial charge >= 0.3 is 0 Å². The molecular weight excluding hydrogens is 258 g/mol. The second kappa shape index (κ2) is 5.09. The number of fused-ring (bicyclic) bond motifs is 1. The van der Waals surface area contributed by atoms with Crippen LogP contribution >= 0.6 is 0 Å². The fourth-order valence-electron chi connectivity index (χ4n) is 2.70. The van der Waals surface area contributed by atoms with Gasteiger partial charge in [0.2, 0.25) is 5.95 Å². The molecule has 20 heavy (non-hydrogen) atoms. The average molecular weight is 275 g/mol. The SMILES string of the molecule is NCC1CCCN(c2nc3ccc([N+](=O)[O-])cc3[nH]2)C1. The number of anilines is 1. The van der Waals surface area contributed by atoms with Gasteiger partial charge < -0.3 is 15.6 Å². The van der Waals surface area contributed by atoms with E-state index < -0.39 is 4.92 Å². The van der Waals surface area contributed by atoms with Crippen LogP contribution in [0.15, 0.2) is 18.2 Å². The Morgan fingerprint density at radius 2 is 2.40 bits per heavy atom. The van der Waals surface area contributed by atoms with Crippen molar-refractivity contribution in [3.63, 3.8) is 0 Å². The lowest BCUT2D eigenvalue weighted by Gasteiger charge is -2.31. The van der Waals surface area contributed by atoms with Crippen molar-refractivity contribution in [3.8, 4) is 0 Å². The lowest BCUT2D eigenvalue weighted by molar-refractivity contribution is -0.384. The quantitative estimate of drug-likeness (QED) is 0.655. The van der Waals surface area contributed by atoms with Crippen molar-refractivity contribution in [1.29, 1.82) is 0 Å². The summed E-state index contributed by atoms with van der Waals surface area (Å²) in [6, 6.07) is 4.68. The summed E-state index contributed by atoms with van der Waals surface area (Å²) < 4.78 is 0. The van der Waals surface area contributed by atoms with Gasteiger partial charge in [0.05, 0.1) is 16.0 Å². The largest absolute Gasteiger partial charge is 0.342 e. The summed E-state index contributed by atoms with van der Waals surface area (Å²) in [6.45, 7) is 2.51. The molecule has 1 fully saturated rings. The van der Waals surface area contributed by atoms with E-state index in [1.165, 1.54) is 12.1 Å². The van der Waals surface area contributed by atoms with E-state index in [0.29, 0.717) is 18.0 Å². The van der Waals surface area contributed by atoms with Gasteiger partial charge in [-0.3, -0.25) is 10.1 Å². The molecule has 0 aliphatic carbocycles. The Labute approximate surface area is 115 Å². The average Bonchev–Trinajstić information content (AvgIpc) is 2.90. The summed E-state index contributed by atoms with van der Waals surface area (Å²) in [7, 11) is 0. The van der Waals surface area contributed by atoms with E-state index in [1.807, 2.05) is 0 Å². The molecule has 1 atom stereocenters. The number of non-ortho nitro benzene ring substituents is 1. The number of nitro groups is 1. The first-order valence-corrected chi connectivity index (χ1v) is 6.76. The maximum absolute atomic E-state index is 10.8. The minimum Gasteiger partial charge on any atom is -0.342 e. The van der Waals surface area contributed by atoms with Gasteiger partial charge in [-0.2, -0.15) is 0 Å². The maximum Gasteiger partial charge on any atom is 0.271 e. The molecule has 1 unspecified atom stereocenters. The number of nitrogens with one attached hydrogen (secondary N) is 1. The van der Waals surface area contributed by atoms with E-state index in [-0.39, 0.29) is 5.69 Å². The number of H-pyrrole nitrogens is 1. The number of aromatic nitrogens is 2. The van der Waals surface area contributed by atoms with E-state index >= 15 is 0 Å². The number of benzene rings is 1. The van der Waals surface area contributed by atoms with Crippen molar-refractivity contribution in [2.45, 2.75) is 12.8 Å². The van der Waals surface area contributed by atoms with Crippen LogP contribution in [-0.2, 0) is 0 Å². The van der Waals surface area contributed by atoms with Crippen molar-refractivity contribution in [2.75, 3.05) is 24.5 Å². The first-order valence-electron chi connectivity index (χ1n) is 6.76.